The first-order valence-electron chi connectivity index (χ1n) is 6.72. The second-order valence-electron chi connectivity index (χ2n) is 4.71. The molecule has 0 bridgehead atoms. The number of nitrogens with two attached hydrogens (primary N) is 1. The van der Waals surface area contributed by atoms with Crippen molar-refractivity contribution in [1.29, 1.82) is 0 Å². The third-order valence-corrected chi connectivity index (χ3v) is 3.58. The maximum atomic E-state index is 6.11. The van der Waals surface area contributed by atoms with Crippen LogP contribution >= 0.6 is 11.6 Å². The van der Waals surface area contributed by atoms with Crippen LogP contribution in [-0.2, 0) is 12.8 Å². The van der Waals surface area contributed by atoms with Crippen LogP contribution in [0.2, 0.25) is 5.02 Å². The van der Waals surface area contributed by atoms with Crippen molar-refractivity contribution in [3.05, 3.63) is 47.0 Å². The predicted octanol–water partition coefficient (Wildman–Crippen LogP) is 3.37. The Hall–Kier alpha value is -1.32. The largest absolute Gasteiger partial charge is 0.327 e. The van der Waals surface area contributed by atoms with E-state index in [-0.39, 0.29) is 6.04 Å². The van der Waals surface area contributed by atoms with E-state index >= 15 is 0 Å². The number of aromatic nitrogens is 2. The molecule has 102 valence electrons. The molecule has 0 aliphatic carbocycles. The molecular weight excluding hydrogens is 258 g/mol. The van der Waals surface area contributed by atoms with Crippen LogP contribution in [0.4, 0.5) is 0 Å². The molecule has 1 heterocycles. The fourth-order valence-electron chi connectivity index (χ4n) is 2.19. The molecule has 1 aromatic carbocycles. The molecule has 2 rings (SSSR count). The summed E-state index contributed by atoms with van der Waals surface area (Å²) in [6.07, 6.45) is 6.50. The van der Waals surface area contributed by atoms with E-state index in [1.54, 1.807) is 0 Å². The van der Waals surface area contributed by atoms with Crippen LogP contribution in [0, 0.1) is 0 Å². The molecule has 2 aromatic rings. The number of halogens is 1. The van der Waals surface area contributed by atoms with Crippen molar-refractivity contribution in [2.45, 2.75) is 39.2 Å². The summed E-state index contributed by atoms with van der Waals surface area (Å²) in [5.74, 6) is 1.05. The van der Waals surface area contributed by atoms with E-state index in [9.17, 15) is 0 Å². The third-order valence-electron chi connectivity index (χ3n) is 3.34. The predicted molar refractivity (Wildman–Crippen MR) is 79.9 cm³/mol. The molecule has 1 atom stereocenters. The number of aryl methyl sites for hydroxylation is 1. The Labute approximate surface area is 119 Å². The highest BCUT2D eigenvalue weighted by Gasteiger charge is 2.11. The van der Waals surface area contributed by atoms with Crippen molar-refractivity contribution < 1.29 is 0 Å². The van der Waals surface area contributed by atoms with Crippen molar-refractivity contribution >= 4 is 11.6 Å². The molecule has 3 nitrogen and oxygen atoms in total. The Bertz CT molecular complexity index is 548. The number of nitrogens with zero attached hydrogens (tertiary/aromatic N) is 2. The molecule has 2 N–H and O–H groups in total. The Morgan fingerprint density at radius 3 is 2.84 bits per heavy atom. The van der Waals surface area contributed by atoms with Gasteiger partial charge in [-0.05, 0) is 36.6 Å². The molecule has 0 amide bonds. The molecule has 19 heavy (non-hydrogen) atoms. The van der Waals surface area contributed by atoms with Gasteiger partial charge in [0.1, 0.15) is 5.82 Å². The van der Waals surface area contributed by atoms with Crippen LogP contribution in [0.15, 0.2) is 30.6 Å². The summed E-state index contributed by atoms with van der Waals surface area (Å²) >= 11 is 6.11. The maximum absolute atomic E-state index is 6.11. The Balaban J connectivity index is 2.44. The number of rotatable bonds is 5. The van der Waals surface area contributed by atoms with Gasteiger partial charge in [0, 0.05) is 29.9 Å². The van der Waals surface area contributed by atoms with E-state index in [0.29, 0.717) is 0 Å². The van der Waals surface area contributed by atoms with Crippen molar-refractivity contribution in [3.8, 4) is 5.69 Å². The first kappa shape index (κ1) is 14.1. The van der Waals surface area contributed by atoms with Crippen LogP contribution in [0.5, 0.6) is 0 Å². The summed E-state index contributed by atoms with van der Waals surface area (Å²) in [5.41, 5.74) is 8.38. The molecule has 0 spiro atoms. The van der Waals surface area contributed by atoms with Gasteiger partial charge in [0.05, 0.1) is 5.69 Å². The zero-order valence-electron chi connectivity index (χ0n) is 11.4. The van der Waals surface area contributed by atoms with Gasteiger partial charge in [-0.25, -0.2) is 4.98 Å². The molecule has 0 radical (unpaired) electrons. The zero-order valence-corrected chi connectivity index (χ0v) is 12.2. The lowest BCUT2D eigenvalue weighted by molar-refractivity contribution is 0.643. The zero-order chi connectivity index (χ0) is 13.8. The first-order valence-corrected chi connectivity index (χ1v) is 7.10. The minimum Gasteiger partial charge on any atom is -0.327 e. The summed E-state index contributed by atoms with van der Waals surface area (Å²) in [5, 5.41) is 0.750. The summed E-state index contributed by atoms with van der Waals surface area (Å²) in [6, 6.07) is 6.12. The number of hydrogen-bond acceptors (Lipinski definition) is 2. The number of hydrogen-bond donors (Lipinski definition) is 1. The lowest BCUT2D eigenvalue weighted by atomic mass is 10.0. The smallest absolute Gasteiger partial charge is 0.112 e. The van der Waals surface area contributed by atoms with Gasteiger partial charge in [0.15, 0.2) is 0 Å². The fourth-order valence-corrected chi connectivity index (χ4v) is 2.39. The summed E-state index contributed by atoms with van der Waals surface area (Å²) in [6.45, 7) is 4.20. The molecule has 4 heteroatoms. The SMILES string of the molecule is CCc1nccn1-c1ccc(Cl)cc1CC(N)CC. The molecule has 0 saturated carbocycles. The van der Waals surface area contributed by atoms with E-state index in [2.05, 4.69) is 23.4 Å². The molecule has 0 fully saturated rings. The summed E-state index contributed by atoms with van der Waals surface area (Å²) in [4.78, 5) is 4.37. The van der Waals surface area contributed by atoms with E-state index in [4.69, 9.17) is 17.3 Å². The van der Waals surface area contributed by atoms with Crippen LogP contribution < -0.4 is 5.73 Å². The van der Waals surface area contributed by atoms with Gasteiger partial charge in [-0.1, -0.05) is 25.4 Å². The van der Waals surface area contributed by atoms with Crippen molar-refractivity contribution in [1.82, 2.24) is 9.55 Å². The van der Waals surface area contributed by atoms with Crippen LogP contribution in [0.1, 0.15) is 31.7 Å². The van der Waals surface area contributed by atoms with Gasteiger partial charge in [-0.15, -0.1) is 0 Å². The van der Waals surface area contributed by atoms with E-state index in [0.717, 1.165) is 35.8 Å². The van der Waals surface area contributed by atoms with Crippen molar-refractivity contribution in [2.75, 3.05) is 0 Å². The Morgan fingerprint density at radius 2 is 2.16 bits per heavy atom. The fraction of sp³-hybridized carbons (Fsp3) is 0.400. The van der Waals surface area contributed by atoms with Gasteiger partial charge >= 0.3 is 0 Å². The van der Waals surface area contributed by atoms with Gasteiger partial charge in [0.25, 0.3) is 0 Å². The van der Waals surface area contributed by atoms with E-state index < -0.39 is 0 Å². The second-order valence-corrected chi connectivity index (χ2v) is 5.15. The molecule has 0 saturated heterocycles. The van der Waals surface area contributed by atoms with Crippen LogP contribution in [-0.4, -0.2) is 15.6 Å². The summed E-state index contributed by atoms with van der Waals surface area (Å²) in [7, 11) is 0. The molecule has 0 aliphatic heterocycles. The average molecular weight is 278 g/mol. The van der Waals surface area contributed by atoms with Gasteiger partial charge in [-0.3, -0.25) is 0 Å². The molecular formula is C15H20ClN3. The number of imidazole rings is 1. The molecule has 1 unspecified atom stereocenters. The van der Waals surface area contributed by atoms with Crippen LogP contribution in [0.3, 0.4) is 0 Å². The van der Waals surface area contributed by atoms with Gasteiger partial charge in [-0.2, -0.15) is 0 Å². The maximum Gasteiger partial charge on any atom is 0.112 e. The van der Waals surface area contributed by atoms with Crippen molar-refractivity contribution in [2.24, 2.45) is 5.73 Å². The molecule has 0 aliphatic rings. The highest BCUT2D eigenvalue weighted by atomic mass is 35.5. The first-order chi connectivity index (χ1) is 9.15. The highest BCUT2D eigenvalue weighted by molar-refractivity contribution is 6.30. The number of benzene rings is 1. The Kier molecular flexibility index (Phi) is 4.61. The lowest BCUT2D eigenvalue weighted by Gasteiger charge is -2.16. The topological polar surface area (TPSA) is 43.8 Å². The van der Waals surface area contributed by atoms with Crippen LogP contribution in [0.25, 0.3) is 5.69 Å². The Morgan fingerprint density at radius 1 is 1.37 bits per heavy atom. The lowest BCUT2D eigenvalue weighted by Crippen LogP contribution is -2.22. The highest BCUT2D eigenvalue weighted by Crippen LogP contribution is 2.22. The second kappa shape index (κ2) is 6.22. The third kappa shape index (κ3) is 3.17. The normalized spacial score (nSPS) is 12.6. The quantitative estimate of drug-likeness (QED) is 0.911. The molecule has 1 aromatic heterocycles. The van der Waals surface area contributed by atoms with Gasteiger partial charge < -0.3 is 10.3 Å². The average Bonchev–Trinajstić information content (AvgIpc) is 2.87. The minimum absolute atomic E-state index is 0.158. The van der Waals surface area contributed by atoms with E-state index in [1.807, 2.05) is 30.6 Å². The monoisotopic (exact) mass is 277 g/mol. The van der Waals surface area contributed by atoms with Gasteiger partial charge in [0.2, 0.25) is 0 Å². The van der Waals surface area contributed by atoms with E-state index in [1.165, 1.54) is 5.56 Å². The minimum atomic E-state index is 0.158. The summed E-state index contributed by atoms with van der Waals surface area (Å²) < 4.78 is 2.12. The standard InChI is InChI=1S/C15H20ClN3/c1-3-13(17)10-11-9-12(16)5-6-14(11)19-8-7-18-15(19)4-2/h5-9,13H,3-4,10,17H2,1-2H3. The van der Waals surface area contributed by atoms with Crippen molar-refractivity contribution in [3.63, 3.8) is 0 Å².